The SMILES string of the molecule is c1ccc(-n2c3ccccc3c3oc4c(-c5ccc6c(c5)oc5ccccc56)cccc4c32)cc1.c1ccc(-n2c3ccccc3c3oc4c(-c5ccc6oc7ccccc7c6c5)cccc4c32)cc1.c1ccc(-n2c3ccccc3c3oc4c(-c5cccc6c5oc5ccccc56)cccc4c32)cc1.c1ccc(-n2c3ccccc3c3oc4c(-c5cccc6oc7ccccc7c56)cccc4c32)cc1. The molecule has 0 spiro atoms. The molecular weight excluding hydrogens is 1720 g/mol. The summed E-state index contributed by atoms with van der Waals surface area (Å²) in [5.74, 6) is 0. The Labute approximate surface area is 796 Å². The zero-order chi connectivity index (χ0) is 91.7. The van der Waals surface area contributed by atoms with Crippen LogP contribution in [0.3, 0.4) is 0 Å². The fourth-order valence-electron chi connectivity index (χ4n) is 22.0. The van der Waals surface area contributed by atoms with Crippen LogP contribution in [-0.2, 0) is 0 Å². The smallest absolute Gasteiger partial charge is 0.161 e. The van der Waals surface area contributed by atoms with Crippen LogP contribution in [-0.4, -0.2) is 18.3 Å². The molecule has 656 valence electrons. The number of hydrogen-bond acceptors (Lipinski definition) is 8. The summed E-state index contributed by atoms with van der Waals surface area (Å²) in [7, 11) is 0. The quantitative estimate of drug-likeness (QED) is 0.147. The molecule has 20 aromatic carbocycles. The lowest BCUT2D eigenvalue weighted by atomic mass is 9.98. The summed E-state index contributed by atoms with van der Waals surface area (Å²) >= 11 is 0. The first-order valence-electron chi connectivity index (χ1n) is 47.2. The molecular formula is C128H76N4O8. The predicted octanol–water partition coefficient (Wildman–Crippen LogP) is 36.4. The highest BCUT2D eigenvalue weighted by molar-refractivity contribution is 6.25. The minimum atomic E-state index is 0.876. The number of fused-ring (bicyclic) bond motifs is 32. The van der Waals surface area contributed by atoms with Crippen LogP contribution >= 0.6 is 0 Å². The Morgan fingerprint density at radius 1 is 0.129 bits per heavy atom. The lowest BCUT2D eigenvalue weighted by Crippen LogP contribution is -1.92. The van der Waals surface area contributed by atoms with Crippen molar-refractivity contribution in [3.05, 3.63) is 461 Å². The highest BCUT2D eigenvalue weighted by atomic mass is 16.4. The van der Waals surface area contributed by atoms with Gasteiger partial charge in [-0.3, -0.25) is 0 Å². The molecule has 12 heterocycles. The lowest BCUT2D eigenvalue weighted by molar-refractivity contribution is 0.666. The molecule has 0 aliphatic heterocycles. The first-order valence-corrected chi connectivity index (χ1v) is 47.2. The number of hydrogen-bond donors (Lipinski definition) is 0. The molecule has 0 N–H and O–H groups in total. The molecule has 0 aliphatic carbocycles. The average molecular weight is 1800 g/mol. The van der Waals surface area contributed by atoms with E-state index in [1.165, 1.54) is 0 Å². The topological polar surface area (TPSA) is 125 Å². The molecule has 12 aromatic heterocycles. The molecule has 0 amide bonds. The molecule has 140 heavy (non-hydrogen) atoms. The Kier molecular flexibility index (Phi) is 17.5. The molecule has 0 unspecified atom stereocenters. The third kappa shape index (κ3) is 12.0. The molecule has 0 aliphatic rings. The fourth-order valence-corrected chi connectivity index (χ4v) is 22.0. The van der Waals surface area contributed by atoms with Crippen LogP contribution in [0, 0.1) is 0 Å². The molecule has 0 saturated heterocycles. The maximum Gasteiger partial charge on any atom is 0.161 e. The lowest BCUT2D eigenvalue weighted by Gasteiger charge is -2.08. The minimum Gasteiger partial charge on any atom is -0.456 e. The van der Waals surface area contributed by atoms with E-state index in [1.807, 2.05) is 84.9 Å². The first-order chi connectivity index (χ1) is 69.5. The molecule has 12 nitrogen and oxygen atoms in total. The van der Waals surface area contributed by atoms with E-state index in [9.17, 15) is 0 Å². The third-order valence-electron chi connectivity index (χ3n) is 28.0. The third-order valence-corrected chi connectivity index (χ3v) is 28.0. The Balaban J connectivity index is 0.0000000896. The van der Waals surface area contributed by atoms with Gasteiger partial charge in [-0.2, -0.15) is 0 Å². The van der Waals surface area contributed by atoms with Crippen LogP contribution in [0.25, 0.3) is 287 Å². The van der Waals surface area contributed by atoms with Gasteiger partial charge in [-0.05, 0) is 193 Å². The predicted molar refractivity (Wildman–Crippen MR) is 573 cm³/mol. The summed E-state index contributed by atoms with van der Waals surface area (Å²) < 4.78 is 60.8. The van der Waals surface area contributed by atoms with Gasteiger partial charge in [-0.1, -0.05) is 285 Å². The van der Waals surface area contributed by atoms with Gasteiger partial charge < -0.3 is 53.6 Å². The van der Waals surface area contributed by atoms with Crippen molar-refractivity contribution in [1.82, 2.24) is 18.3 Å². The van der Waals surface area contributed by atoms with E-state index < -0.39 is 0 Å². The van der Waals surface area contributed by atoms with E-state index >= 15 is 0 Å². The number of rotatable bonds is 8. The van der Waals surface area contributed by atoms with Crippen LogP contribution in [0.5, 0.6) is 0 Å². The fraction of sp³-hybridized carbons (Fsp3) is 0. The zero-order valence-corrected chi connectivity index (χ0v) is 74.9. The van der Waals surface area contributed by atoms with E-state index in [1.54, 1.807) is 0 Å². The minimum absolute atomic E-state index is 0.876. The molecule has 0 fully saturated rings. The van der Waals surface area contributed by atoms with Crippen molar-refractivity contribution < 1.29 is 35.3 Å². The normalized spacial score (nSPS) is 12.0. The Bertz CT molecular complexity index is 10600. The van der Waals surface area contributed by atoms with Crippen molar-refractivity contribution in [3.63, 3.8) is 0 Å². The van der Waals surface area contributed by atoms with Crippen molar-refractivity contribution in [2.24, 2.45) is 0 Å². The number of aromatic nitrogens is 4. The van der Waals surface area contributed by atoms with Gasteiger partial charge in [-0.25, -0.2) is 0 Å². The monoisotopic (exact) mass is 1800 g/mol. The molecule has 0 atom stereocenters. The van der Waals surface area contributed by atoms with E-state index in [4.69, 9.17) is 35.3 Å². The maximum atomic E-state index is 6.74. The highest BCUT2D eigenvalue weighted by Crippen LogP contribution is 2.51. The second kappa shape index (κ2) is 31.3. The van der Waals surface area contributed by atoms with Crippen molar-refractivity contribution in [1.29, 1.82) is 0 Å². The molecule has 32 aromatic rings. The van der Waals surface area contributed by atoms with Gasteiger partial charge in [0.15, 0.2) is 22.3 Å². The van der Waals surface area contributed by atoms with Crippen molar-refractivity contribution in [3.8, 4) is 67.3 Å². The molecule has 12 heteroatoms. The summed E-state index contributed by atoms with van der Waals surface area (Å²) in [5.41, 5.74) is 36.4. The number of para-hydroxylation sites is 17. The van der Waals surface area contributed by atoms with E-state index in [0.717, 1.165) is 287 Å². The highest BCUT2D eigenvalue weighted by Gasteiger charge is 2.29. The van der Waals surface area contributed by atoms with Gasteiger partial charge >= 0.3 is 0 Å². The summed E-state index contributed by atoms with van der Waals surface area (Å²) in [4.78, 5) is 0. The summed E-state index contributed by atoms with van der Waals surface area (Å²) in [6.07, 6.45) is 0. The number of benzene rings is 20. The Hall–Kier alpha value is -19.0. The second-order valence-electron chi connectivity index (χ2n) is 35.8. The van der Waals surface area contributed by atoms with Crippen LogP contribution < -0.4 is 0 Å². The van der Waals surface area contributed by atoms with Crippen molar-refractivity contribution in [2.75, 3.05) is 0 Å². The molecule has 0 radical (unpaired) electrons. The first kappa shape index (κ1) is 78.4. The summed E-state index contributed by atoms with van der Waals surface area (Å²) in [5, 5.41) is 17.8. The largest absolute Gasteiger partial charge is 0.456 e. The summed E-state index contributed by atoms with van der Waals surface area (Å²) in [6.45, 7) is 0. The molecule has 0 saturated carbocycles. The number of nitrogens with zero attached hydrogens (tertiary/aromatic N) is 4. The Morgan fingerprint density at radius 2 is 0.386 bits per heavy atom. The van der Waals surface area contributed by atoms with Crippen molar-refractivity contribution in [2.45, 2.75) is 0 Å². The van der Waals surface area contributed by atoms with E-state index in [-0.39, 0.29) is 0 Å². The van der Waals surface area contributed by atoms with Crippen LogP contribution in [0.15, 0.2) is 496 Å². The maximum absolute atomic E-state index is 6.74. The van der Waals surface area contributed by atoms with Gasteiger partial charge in [0.25, 0.3) is 0 Å². The van der Waals surface area contributed by atoms with Crippen LogP contribution in [0.4, 0.5) is 0 Å². The van der Waals surface area contributed by atoms with Gasteiger partial charge in [-0.15, -0.1) is 0 Å². The zero-order valence-electron chi connectivity index (χ0n) is 74.9. The second-order valence-corrected chi connectivity index (χ2v) is 35.8. The van der Waals surface area contributed by atoms with Crippen LogP contribution in [0.1, 0.15) is 0 Å². The molecule has 0 bridgehead atoms. The Morgan fingerprint density at radius 3 is 0.814 bits per heavy atom. The van der Waals surface area contributed by atoms with Gasteiger partial charge in [0.2, 0.25) is 0 Å². The van der Waals surface area contributed by atoms with Gasteiger partial charge in [0.05, 0.1) is 22.1 Å². The van der Waals surface area contributed by atoms with Gasteiger partial charge in [0, 0.05) is 137 Å². The van der Waals surface area contributed by atoms with Crippen LogP contribution in [0.2, 0.25) is 0 Å². The average Bonchev–Trinajstić information content (AvgIpc) is 1.57. The van der Waals surface area contributed by atoms with E-state index in [0.29, 0.717) is 0 Å². The molecule has 32 rings (SSSR count). The van der Waals surface area contributed by atoms with E-state index in [2.05, 4.69) is 394 Å². The standard InChI is InChI=1S/4C32H19NO2/c1-2-10-20(11-3-1)33-27-18-6-4-13-25(27)32-29(33)26-17-9-16-24(31(26)35-32)23-15-8-14-22-21-12-5-7-19-28(21)34-30(22)23;1-2-10-20(11-3-1)33-26-17-6-4-12-23(26)32-30(33)25-16-8-15-22(31(25)35-32)21-14-9-19-28-29(21)24-13-5-7-18-27(24)34-28;1-2-9-21(10-3-1)33-27-15-6-4-12-25(27)32-30(33)26-14-8-13-22(31(26)35-32)20-17-18-24-23-11-5-7-16-28(23)34-29(24)19-20;1-2-9-21(10-3-1)33-27-15-6-4-12-24(27)32-30(33)25-14-8-13-22(31(25)35-32)20-17-18-29-26(19-20)23-11-5-7-16-28(23)34-29/h4*1-19H. The number of furan rings is 8. The van der Waals surface area contributed by atoms with Crippen molar-refractivity contribution >= 4 is 220 Å². The summed E-state index contributed by atoms with van der Waals surface area (Å²) in [6, 6.07) is 160. The van der Waals surface area contributed by atoms with Gasteiger partial charge in [0.1, 0.15) is 89.1 Å².